The number of carbonyl (C=O) groups excluding carboxylic acids is 2. The fourth-order valence-corrected chi connectivity index (χ4v) is 7.27. The normalized spacial score (nSPS) is 47.1. The largest absolute Gasteiger partial charge is 0.445 e. The smallest absolute Gasteiger partial charge is 0.304 e. The molecule has 0 aromatic heterocycles. The van der Waals surface area contributed by atoms with Crippen molar-refractivity contribution in [1.82, 2.24) is 0 Å². The zero-order valence-corrected chi connectivity index (χ0v) is 16.2. The van der Waals surface area contributed by atoms with Crippen molar-refractivity contribution in [2.45, 2.75) is 71.3 Å². The molecule has 140 valence electrons. The maximum atomic E-state index is 11.9. The van der Waals surface area contributed by atoms with Crippen LogP contribution in [0, 0.1) is 47.3 Å². The summed E-state index contributed by atoms with van der Waals surface area (Å²) in [6, 6.07) is 0. The first kappa shape index (κ1) is 17.8. The average Bonchev–Trinajstić information content (AvgIpc) is 2.87. The molecule has 0 aromatic carbocycles. The molecule has 0 aromatic rings. The number of terminal acetylenes is 1. The van der Waals surface area contributed by atoms with Crippen molar-refractivity contribution in [2.75, 3.05) is 0 Å². The average molecular weight is 354 g/mol. The van der Waals surface area contributed by atoms with E-state index in [1.54, 1.807) is 0 Å². The third kappa shape index (κ3) is 2.34. The molecule has 0 aliphatic heterocycles. The molecule has 0 unspecified atom stereocenters. The molecule has 0 radical (unpaired) electrons. The Labute approximate surface area is 156 Å². The monoisotopic (exact) mass is 354 g/mol. The van der Waals surface area contributed by atoms with Gasteiger partial charge in [-0.15, -0.1) is 6.42 Å². The van der Waals surface area contributed by atoms with Gasteiger partial charge < -0.3 is 4.74 Å². The second kappa shape index (κ2) is 5.98. The molecule has 0 heterocycles. The maximum Gasteiger partial charge on any atom is 0.304 e. The lowest BCUT2D eigenvalue weighted by Gasteiger charge is -2.57. The number of allylic oxidation sites excluding steroid dienone is 1. The number of ether oxygens (including phenoxy) is 1. The third-order valence-corrected chi connectivity index (χ3v) is 8.31. The molecule has 4 aliphatic carbocycles. The van der Waals surface area contributed by atoms with E-state index in [-0.39, 0.29) is 11.4 Å². The summed E-state index contributed by atoms with van der Waals surface area (Å²) in [7, 11) is 0. The van der Waals surface area contributed by atoms with Crippen LogP contribution in [0.25, 0.3) is 0 Å². The maximum absolute atomic E-state index is 11.9. The van der Waals surface area contributed by atoms with Crippen LogP contribution < -0.4 is 0 Å². The lowest BCUT2D eigenvalue weighted by Crippen LogP contribution is -2.55. The van der Waals surface area contributed by atoms with Gasteiger partial charge in [-0.1, -0.05) is 25.3 Å². The second-order valence-electron chi connectivity index (χ2n) is 9.42. The highest BCUT2D eigenvalue weighted by molar-refractivity contribution is 5.91. The summed E-state index contributed by atoms with van der Waals surface area (Å²) in [5, 5.41) is 0. The van der Waals surface area contributed by atoms with Crippen LogP contribution >= 0.6 is 0 Å². The molecule has 0 amide bonds. The molecule has 3 nitrogen and oxygen atoms in total. The Balaban J connectivity index is 1.69. The van der Waals surface area contributed by atoms with Crippen LogP contribution in [0.2, 0.25) is 0 Å². The molecule has 26 heavy (non-hydrogen) atoms. The molecule has 3 saturated carbocycles. The van der Waals surface area contributed by atoms with E-state index in [2.05, 4.69) is 19.8 Å². The molecule has 4 rings (SSSR count). The first-order chi connectivity index (χ1) is 12.3. The van der Waals surface area contributed by atoms with Gasteiger partial charge in [0, 0.05) is 18.8 Å². The highest BCUT2D eigenvalue weighted by atomic mass is 16.6. The summed E-state index contributed by atoms with van der Waals surface area (Å²) >= 11 is 0. The summed E-state index contributed by atoms with van der Waals surface area (Å²) < 4.78 is 5.83. The Morgan fingerprint density at radius 1 is 1.31 bits per heavy atom. The van der Waals surface area contributed by atoms with Crippen molar-refractivity contribution in [3.8, 4) is 12.3 Å². The van der Waals surface area contributed by atoms with Gasteiger partial charge in [0.25, 0.3) is 0 Å². The number of hydrogen-bond acceptors (Lipinski definition) is 3. The predicted octanol–water partition coefficient (Wildman–Crippen LogP) is 4.31. The van der Waals surface area contributed by atoms with E-state index in [9.17, 15) is 9.59 Å². The Hall–Kier alpha value is -1.56. The van der Waals surface area contributed by atoms with Gasteiger partial charge in [-0.2, -0.15) is 0 Å². The Kier molecular flexibility index (Phi) is 4.10. The minimum Gasteiger partial charge on any atom is -0.445 e. The minimum atomic E-state index is -0.743. The van der Waals surface area contributed by atoms with Crippen molar-refractivity contribution >= 4 is 11.8 Å². The second-order valence-corrected chi connectivity index (χ2v) is 9.42. The number of ketones is 1. The van der Waals surface area contributed by atoms with Crippen molar-refractivity contribution in [3.05, 3.63) is 11.6 Å². The van der Waals surface area contributed by atoms with Gasteiger partial charge in [0.2, 0.25) is 0 Å². The van der Waals surface area contributed by atoms with E-state index in [4.69, 9.17) is 11.2 Å². The molecule has 0 bridgehead atoms. The SMILES string of the molecule is C#C[C@]1(OC(C)=O)CC[C@H]2[C@H]3[C@H](CC[C@@]21C)[C@H]1CCC(=O)C=C1C[C@H]3C. The highest BCUT2D eigenvalue weighted by Gasteiger charge is 2.65. The topological polar surface area (TPSA) is 43.4 Å². The molecule has 3 heteroatoms. The standard InChI is InChI=1S/C23H30O3/c1-5-23(26-15(3)24)11-9-20-21-14(2)12-16-13-17(25)6-7-18(16)19(21)8-10-22(20,23)4/h1,13-14,18-21H,6-12H2,2-4H3/t14-,18+,19-,20+,21-,22+,23+/m1/s1. The van der Waals surface area contributed by atoms with Crippen molar-refractivity contribution in [3.63, 3.8) is 0 Å². The van der Waals surface area contributed by atoms with Crippen LogP contribution in [-0.4, -0.2) is 17.4 Å². The summed E-state index contributed by atoms with van der Waals surface area (Å²) in [4.78, 5) is 23.7. The number of fused-ring (bicyclic) bond motifs is 5. The first-order valence-electron chi connectivity index (χ1n) is 10.2. The van der Waals surface area contributed by atoms with E-state index < -0.39 is 5.60 Å². The molecule has 4 aliphatic rings. The predicted molar refractivity (Wildman–Crippen MR) is 100.0 cm³/mol. The molecular weight excluding hydrogens is 324 g/mol. The summed E-state index contributed by atoms with van der Waals surface area (Å²) in [6.07, 6.45) is 14.7. The Morgan fingerprint density at radius 2 is 2.08 bits per heavy atom. The quantitative estimate of drug-likeness (QED) is 0.520. The van der Waals surface area contributed by atoms with Gasteiger partial charge in [0.1, 0.15) is 0 Å². The summed E-state index contributed by atoms with van der Waals surface area (Å²) in [6.45, 7) is 6.09. The molecular formula is C23H30O3. The van der Waals surface area contributed by atoms with Crippen LogP contribution in [0.1, 0.15) is 65.7 Å². The van der Waals surface area contributed by atoms with Crippen LogP contribution in [0.3, 0.4) is 0 Å². The number of esters is 1. The molecule has 0 N–H and O–H groups in total. The van der Waals surface area contributed by atoms with Gasteiger partial charge in [-0.25, -0.2) is 0 Å². The molecule has 0 spiro atoms. The van der Waals surface area contributed by atoms with Gasteiger partial charge >= 0.3 is 5.97 Å². The van der Waals surface area contributed by atoms with Crippen molar-refractivity contribution in [2.24, 2.45) is 35.0 Å². The van der Waals surface area contributed by atoms with Crippen LogP contribution in [0.15, 0.2) is 11.6 Å². The zero-order valence-electron chi connectivity index (χ0n) is 16.2. The van der Waals surface area contributed by atoms with Crippen LogP contribution in [0.5, 0.6) is 0 Å². The molecule has 7 atom stereocenters. The first-order valence-corrected chi connectivity index (χ1v) is 10.2. The third-order valence-electron chi connectivity index (χ3n) is 8.31. The van der Waals surface area contributed by atoms with Crippen molar-refractivity contribution in [1.29, 1.82) is 0 Å². The van der Waals surface area contributed by atoms with E-state index in [1.165, 1.54) is 12.5 Å². The zero-order chi connectivity index (χ0) is 18.7. The van der Waals surface area contributed by atoms with E-state index >= 15 is 0 Å². The fraction of sp³-hybridized carbons (Fsp3) is 0.739. The van der Waals surface area contributed by atoms with Crippen molar-refractivity contribution < 1.29 is 14.3 Å². The summed E-state index contributed by atoms with van der Waals surface area (Å²) in [5.74, 6) is 5.88. The Morgan fingerprint density at radius 3 is 2.77 bits per heavy atom. The van der Waals surface area contributed by atoms with Gasteiger partial charge in [-0.3, -0.25) is 9.59 Å². The lowest BCUT2D eigenvalue weighted by molar-refractivity contribution is -0.169. The number of rotatable bonds is 1. The summed E-state index contributed by atoms with van der Waals surface area (Å²) in [5.41, 5.74) is 0.529. The highest BCUT2D eigenvalue weighted by Crippen LogP contribution is 2.66. The van der Waals surface area contributed by atoms with Crippen LogP contribution in [0.4, 0.5) is 0 Å². The lowest BCUT2D eigenvalue weighted by atomic mass is 9.48. The molecule has 3 fully saturated rings. The fourth-order valence-electron chi connectivity index (χ4n) is 7.27. The van der Waals surface area contributed by atoms with E-state index in [1.807, 2.05) is 6.08 Å². The van der Waals surface area contributed by atoms with E-state index in [0.29, 0.717) is 41.8 Å². The number of hydrogen-bond donors (Lipinski definition) is 0. The van der Waals surface area contributed by atoms with Gasteiger partial charge in [-0.05, 0) is 74.2 Å². The van der Waals surface area contributed by atoms with E-state index in [0.717, 1.165) is 38.5 Å². The van der Waals surface area contributed by atoms with Crippen LogP contribution in [-0.2, 0) is 14.3 Å². The Bertz CT molecular complexity index is 713. The minimum absolute atomic E-state index is 0.130. The van der Waals surface area contributed by atoms with Gasteiger partial charge in [0.05, 0.1) is 0 Å². The number of carbonyl (C=O) groups is 2. The molecule has 0 saturated heterocycles. The van der Waals surface area contributed by atoms with Gasteiger partial charge in [0.15, 0.2) is 11.4 Å².